The average molecular weight is 501 g/mol. The third-order valence-electron chi connectivity index (χ3n) is 6.61. The van der Waals surface area contributed by atoms with Crippen molar-refractivity contribution in [3.63, 3.8) is 0 Å². The molecule has 0 atom stereocenters. The summed E-state index contributed by atoms with van der Waals surface area (Å²) in [5.74, 6) is -0.0246. The van der Waals surface area contributed by atoms with E-state index in [1.807, 2.05) is 10.6 Å². The van der Waals surface area contributed by atoms with E-state index in [-0.39, 0.29) is 17.1 Å². The van der Waals surface area contributed by atoms with E-state index in [2.05, 4.69) is 28.1 Å². The van der Waals surface area contributed by atoms with Gasteiger partial charge < -0.3 is 9.47 Å². The molecule has 7 nitrogen and oxygen atoms in total. The van der Waals surface area contributed by atoms with Crippen LogP contribution in [0.4, 0.5) is 13.2 Å². The maximum atomic E-state index is 12.7. The number of carbonyl (C=O) groups is 1. The Kier molecular flexibility index (Phi) is 7.50. The van der Waals surface area contributed by atoms with Gasteiger partial charge in [-0.05, 0) is 49.5 Å². The van der Waals surface area contributed by atoms with Crippen molar-refractivity contribution in [1.82, 2.24) is 14.5 Å². The van der Waals surface area contributed by atoms with Gasteiger partial charge in [-0.15, -0.1) is 0 Å². The van der Waals surface area contributed by atoms with Crippen LogP contribution in [0.2, 0.25) is 0 Å². The highest BCUT2D eigenvalue weighted by molar-refractivity contribution is 6.02. The number of halogens is 3. The van der Waals surface area contributed by atoms with Crippen molar-refractivity contribution < 1.29 is 27.4 Å². The van der Waals surface area contributed by atoms with E-state index >= 15 is 0 Å². The standard InChI is InChI=1S/C26H27F3N4O3/c1-35-23-14-19(15-24(36-2)25(23)22(34)5-8-26(27,28)29)33-16-31-20-13-18(3-4-21(20)33)17-6-10-32(11-7-17)12-9-30/h3-4,13-17H,5-8,10-12H2,1-2H3. The largest absolute Gasteiger partial charge is 0.496 e. The molecular weight excluding hydrogens is 473 g/mol. The number of hydrogen-bond donors (Lipinski definition) is 0. The van der Waals surface area contributed by atoms with Crippen molar-refractivity contribution in [3.05, 3.63) is 47.8 Å². The number of benzene rings is 2. The molecule has 1 fully saturated rings. The number of piperidine rings is 1. The van der Waals surface area contributed by atoms with Crippen LogP contribution in [-0.4, -0.2) is 60.3 Å². The van der Waals surface area contributed by atoms with Gasteiger partial charge in [0.25, 0.3) is 0 Å². The summed E-state index contributed by atoms with van der Waals surface area (Å²) in [6.45, 7) is 2.23. The van der Waals surface area contributed by atoms with Crippen molar-refractivity contribution in [2.45, 2.75) is 37.8 Å². The second-order valence-corrected chi connectivity index (χ2v) is 8.83. The van der Waals surface area contributed by atoms with Crippen LogP contribution < -0.4 is 9.47 Å². The summed E-state index contributed by atoms with van der Waals surface area (Å²) in [4.78, 5) is 19.3. The summed E-state index contributed by atoms with van der Waals surface area (Å²) in [5.41, 5.74) is 3.43. The molecular formula is C26H27F3N4O3. The fraction of sp³-hybridized carbons (Fsp3) is 0.423. The average Bonchev–Trinajstić information content (AvgIpc) is 3.30. The molecule has 1 aliphatic rings. The van der Waals surface area contributed by atoms with E-state index in [9.17, 15) is 18.0 Å². The van der Waals surface area contributed by atoms with E-state index in [0.29, 0.717) is 18.2 Å². The van der Waals surface area contributed by atoms with Gasteiger partial charge in [-0.25, -0.2) is 4.98 Å². The van der Waals surface area contributed by atoms with Gasteiger partial charge >= 0.3 is 6.18 Å². The first-order valence-corrected chi connectivity index (χ1v) is 11.7. The smallest absolute Gasteiger partial charge is 0.389 e. The Morgan fingerprint density at radius 2 is 1.81 bits per heavy atom. The van der Waals surface area contributed by atoms with E-state index in [0.717, 1.165) is 37.0 Å². The minimum atomic E-state index is -4.43. The number of nitriles is 1. The Balaban J connectivity index is 1.62. The SMILES string of the molecule is COc1cc(-n2cnc3cc(C4CCN(CC#N)CC4)ccc32)cc(OC)c1C(=O)CCC(F)(F)F. The number of Topliss-reactive ketones (excluding diaryl/α,β-unsaturated/α-hetero) is 1. The summed E-state index contributed by atoms with van der Waals surface area (Å²) >= 11 is 0. The molecule has 0 amide bonds. The number of ether oxygens (including phenoxy) is 2. The van der Waals surface area contributed by atoms with Gasteiger partial charge in [-0.2, -0.15) is 18.4 Å². The highest BCUT2D eigenvalue weighted by atomic mass is 19.4. The van der Waals surface area contributed by atoms with E-state index in [1.54, 1.807) is 18.5 Å². The van der Waals surface area contributed by atoms with Crippen molar-refractivity contribution in [2.75, 3.05) is 33.9 Å². The number of fused-ring (bicyclic) bond motifs is 1. The quantitative estimate of drug-likeness (QED) is 0.310. The number of nitrogens with zero attached hydrogens (tertiary/aromatic N) is 4. The predicted octanol–water partition coefficient (Wildman–Crippen LogP) is 5.27. The molecule has 0 bridgehead atoms. The molecule has 1 aliphatic heterocycles. The topological polar surface area (TPSA) is 80.4 Å². The predicted molar refractivity (Wildman–Crippen MR) is 128 cm³/mol. The lowest BCUT2D eigenvalue weighted by Gasteiger charge is -2.30. The lowest BCUT2D eigenvalue weighted by molar-refractivity contribution is -0.133. The van der Waals surface area contributed by atoms with Gasteiger partial charge in [0, 0.05) is 18.6 Å². The van der Waals surface area contributed by atoms with Gasteiger partial charge in [0.2, 0.25) is 0 Å². The van der Waals surface area contributed by atoms with Crippen molar-refractivity contribution in [3.8, 4) is 23.3 Å². The monoisotopic (exact) mass is 500 g/mol. The van der Waals surface area contributed by atoms with E-state index in [4.69, 9.17) is 14.7 Å². The first kappa shape index (κ1) is 25.5. The van der Waals surface area contributed by atoms with Crippen LogP contribution in [0.25, 0.3) is 16.7 Å². The number of hydrogen-bond acceptors (Lipinski definition) is 6. The van der Waals surface area contributed by atoms with E-state index < -0.39 is 24.8 Å². The number of aromatic nitrogens is 2. The lowest BCUT2D eigenvalue weighted by atomic mass is 9.89. The van der Waals surface area contributed by atoms with Gasteiger partial charge in [0.05, 0.1) is 50.0 Å². The fourth-order valence-electron chi connectivity index (χ4n) is 4.71. The van der Waals surface area contributed by atoms with Crippen molar-refractivity contribution in [1.29, 1.82) is 5.26 Å². The summed E-state index contributed by atoms with van der Waals surface area (Å²) in [5, 5.41) is 8.90. The molecule has 0 radical (unpaired) electrons. The Labute approximate surface area is 207 Å². The molecule has 36 heavy (non-hydrogen) atoms. The Bertz CT molecular complexity index is 1260. The molecule has 2 aromatic carbocycles. The summed E-state index contributed by atoms with van der Waals surface area (Å²) < 4.78 is 50.5. The zero-order valence-electron chi connectivity index (χ0n) is 20.1. The van der Waals surface area contributed by atoms with Crippen LogP contribution in [0.5, 0.6) is 11.5 Å². The third kappa shape index (κ3) is 5.46. The number of ketones is 1. The number of imidazole rings is 1. The number of methoxy groups -OCH3 is 2. The van der Waals surface area contributed by atoms with Gasteiger partial charge in [-0.3, -0.25) is 14.3 Å². The second kappa shape index (κ2) is 10.6. The van der Waals surface area contributed by atoms with Gasteiger partial charge in [0.15, 0.2) is 5.78 Å². The Hall–Kier alpha value is -3.58. The third-order valence-corrected chi connectivity index (χ3v) is 6.61. The lowest BCUT2D eigenvalue weighted by Crippen LogP contribution is -2.33. The van der Waals surface area contributed by atoms with E-state index in [1.165, 1.54) is 19.8 Å². The molecule has 0 aliphatic carbocycles. The molecule has 2 heterocycles. The maximum absolute atomic E-state index is 12.7. The van der Waals surface area contributed by atoms with Crippen LogP contribution >= 0.6 is 0 Å². The van der Waals surface area contributed by atoms with Crippen LogP contribution in [0, 0.1) is 11.3 Å². The fourth-order valence-corrected chi connectivity index (χ4v) is 4.71. The number of rotatable bonds is 8. The first-order chi connectivity index (χ1) is 17.2. The summed E-state index contributed by atoms with van der Waals surface area (Å²) in [6, 6.07) is 11.5. The zero-order chi connectivity index (χ0) is 25.9. The highest BCUT2D eigenvalue weighted by Gasteiger charge is 2.30. The second-order valence-electron chi connectivity index (χ2n) is 8.83. The van der Waals surface area contributed by atoms with Crippen LogP contribution in [0.1, 0.15) is 47.5 Å². The molecule has 10 heteroatoms. The molecule has 1 saturated heterocycles. The Morgan fingerprint density at radius 1 is 1.14 bits per heavy atom. The number of alkyl halides is 3. The molecule has 4 rings (SSSR count). The summed E-state index contributed by atoms with van der Waals surface area (Å²) in [6.07, 6.45) is -2.73. The number of likely N-dealkylation sites (tertiary alicyclic amines) is 1. The first-order valence-electron chi connectivity index (χ1n) is 11.7. The molecule has 0 saturated carbocycles. The van der Waals surface area contributed by atoms with Gasteiger partial charge in [0.1, 0.15) is 23.4 Å². The molecule has 3 aromatic rings. The highest BCUT2D eigenvalue weighted by Crippen LogP contribution is 2.36. The zero-order valence-corrected chi connectivity index (χ0v) is 20.1. The van der Waals surface area contributed by atoms with Gasteiger partial charge in [-0.1, -0.05) is 6.07 Å². The Morgan fingerprint density at radius 3 is 2.39 bits per heavy atom. The summed E-state index contributed by atoms with van der Waals surface area (Å²) in [7, 11) is 2.72. The van der Waals surface area contributed by atoms with Crippen molar-refractivity contribution in [2.24, 2.45) is 0 Å². The van der Waals surface area contributed by atoms with Crippen LogP contribution in [0.15, 0.2) is 36.7 Å². The molecule has 190 valence electrons. The maximum Gasteiger partial charge on any atom is 0.389 e. The van der Waals surface area contributed by atoms with Crippen LogP contribution in [0.3, 0.4) is 0 Å². The van der Waals surface area contributed by atoms with Crippen molar-refractivity contribution >= 4 is 16.8 Å². The minimum Gasteiger partial charge on any atom is -0.496 e. The molecule has 0 unspecified atom stereocenters. The minimum absolute atomic E-state index is 0.0116. The normalized spacial score (nSPS) is 15.1. The number of carbonyl (C=O) groups excluding carboxylic acids is 1. The molecule has 1 aromatic heterocycles. The molecule has 0 spiro atoms. The van der Waals surface area contributed by atoms with Crippen LogP contribution in [-0.2, 0) is 0 Å². The molecule has 0 N–H and O–H groups in total.